The maximum absolute atomic E-state index is 11.0. The molecule has 0 atom stereocenters. The Morgan fingerprint density at radius 3 is 2.80 bits per heavy atom. The van der Waals surface area contributed by atoms with Gasteiger partial charge >= 0.3 is 5.97 Å². The number of thiazole rings is 1. The Hall–Kier alpha value is -1.43. The SMILES string of the molecule is Cc1ncsc1CN(C)Cc1cc(C(=O)O)ccc1Cl. The van der Waals surface area contributed by atoms with E-state index >= 15 is 0 Å². The predicted octanol–water partition coefficient (Wildman–Crippen LogP) is 3.44. The van der Waals surface area contributed by atoms with Crippen molar-refractivity contribution in [2.75, 3.05) is 7.05 Å². The van der Waals surface area contributed by atoms with E-state index in [1.54, 1.807) is 23.5 Å². The summed E-state index contributed by atoms with van der Waals surface area (Å²) in [5, 5.41) is 9.60. The van der Waals surface area contributed by atoms with Gasteiger partial charge in [0, 0.05) is 23.0 Å². The van der Waals surface area contributed by atoms with Crippen LogP contribution in [0.5, 0.6) is 0 Å². The highest BCUT2D eigenvalue weighted by Gasteiger charge is 2.11. The van der Waals surface area contributed by atoms with Gasteiger partial charge in [-0.2, -0.15) is 0 Å². The predicted molar refractivity (Wildman–Crippen MR) is 80.4 cm³/mol. The van der Waals surface area contributed by atoms with Gasteiger partial charge in [0.2, 0.25) is 0 Å². The maximum atomic E-state index is 11.0. The molecule has 6 heteroatoms. The van der Waals surface area contributed by atoms with Crippen molar-refractivity contribution in [1.82, 2.24) is 9.88 Å². The molecule has 0 unspecified atom stereocenters. The third-order valence-electron chi connectivity index (χ3n) is 2.99. The molecule has 1 heterocycles. The largest absolute Gasteiger partial charge is 0.478 e. The molecule has 1 aromatic heterocycles. The molecule has 1 N–H and O–H groups in total. The van der Waals surface area contributed by atoms with E-state index in [1.807, 2.05) is 19.5 Å². The highest BCUT2D eigenvalue weighted by Crippen LogP contribution is 2.21. The summed E-state index contributed by atoms with van der Waals surface area (Å²) in [5.74, 6) is -0.941. The summed E-state index contributed by atoms with van der Waals surface area (Å²) in [6, 6.07) is 4.77. The van der Waals surface area contributed by atoms with E-state index in [0.717, 1.165) is 17.8 Å². The molecule has 0 radical (unpaired) electrons. The lowest BCUT2D eigenvalue weighted by Crippen LogP contribution is -2.17. The zero-order valence-electron chi connectivity index (χ0n) is 11.3. The van der Waals surface area contributed by atoms with Crippen molar-refractivity contribution in [3.63, 3.8) is 0 Å². The molecule has 0 spiro atoms. The third-order valence-corrected chi connectivity index (χ3v) is 4.28. The van der Waals surface area contributed by atoms with Crippen LogP contribution in [0.2, 0.25) is 5.02 Å². The molecule has 0 saturated carbocycles. The van der Waals surface area contributed by atoms with Gasteiger partial charge in [-0.25, -0.2) is 9.78 Å². The molecule has 0 fully saturated rings. The van der Waals surface area contributed by atoms with Crippen LogP contribution in [0.15, 0.2) is 23.7 Å². The Labute approximate surface area is 126 Å². The Morgan fingerprint density at radius 1 is 1.45 bits per heavy atom. The first-order chi connectivity index (χ1) is 9.47. The summed E-state index contributed by atoms with van der Waals surface area (Å²) in [6.45, 7) is 3.35. The van der Waals surface area contributed by atoms with Crippen molar-refractivity contribution in [2.45, 2.75) is 20.0 Å². The zero-order chi connectivity index (χ0) is 14.7. The maximum Gasteiger partial charge on any atom is 0.335 e. The van der Waals surface area contributed by atoms with Gasteiger partial charge in [-0.05, 0) is 37.7 Å². The molecular formula is C14H15ClN2O2S. The summed E-state index contributed by atoms with van der Waals surface area (Å²) in [6.07, 6.45) is 0. The van der Waals surface area contributed by atoms with Gasteiger partial charge < -0.3 is 5.11 Å². The zero-order valence-corrected chi connectivity index (χ0v) is 12.8. The quantitative estimate of drug-likeness (QED) is 0.919. The van der Waals surface area contributed by atoms with E-state index in [2.05, 4.69) is 9.88 Å². The first-order valence-corrected chi connectivity index (χ1v) is 7.32. The van der Waals surface area contributed by atoms with Crippen molar-refractivity contribution in [3.8, 4) is 0 Å². The Kier molecular flexibility index (Phi) is 4.75. The summed E-state index contributed by atoms with van der Waals surface area (Å²) in [7, 11) is 1.98. The minimum Gasteiger partial charge on any atom is -0.478 e. The molecule has 0 saturated heterocycles. The lowest BCUT2D eigenvalue weighted by atomic mass is 10.1. The Balaban J connectivity index is 2.11. The second kappa shape index (κ2) is 6.35. The number of benzene rings is 1. The van der Waals surface area contributed by atoms with Crippen LogP contribution >= 0.6 is 22.9 Å². The molecule has 0 aliphatic rings. The molecule has 1 aromatic carbocycles. The number of aromatic nitrogens is 1. The number of halogens is 1. The summed E-state index contributed by atoms with van der Waals surface area (Å²) >= 11 is 7.75. The number of rotatable bonds is 5. The second-order valence-corrected chi connectivity index (χ2v) is 5.99. The van der Waals surface area contributed by atoms with Crippen molar-refractivity contribution in [1.29, 1.82) is 0 Å². The minimum atomic E-state index is -0.941. The van der Waals surface area contributed by atoms with E-state index in [0.29, 0.717) is 11.6 Å². The minimum absolute atomic E-state index is 0.256. The van der Waals surface area contributed by atoms with E-state index in [4.69, 9.17) is 16.7 Å². The molecule has 2 aromatic rings. The molecule has 106 valence electrons. The number of hydrogen-bond donors (Lipinski definition) is 1. The second-order valence-electron chi connectivity index (χ2n) is 4.64. The Morgan fingerprint density at radius 2 is 2.20 bits per heavy atom. The smallest absolute Gasteiger partial charge is 0.335 e. The molecule has 0 bridgehead atoms. The van der Waals surface area contributed by atoms with Gasteiger partial charge in [0.1, 0.15) is 0 Å². The van der Waals surface area contributed by atoms with Crippen molar-refractivity contribution >= 4 is 28.9 Å². The number of carbonyl (C=O) groups is 1. The average Bonchev–Trinajstić information content (AvgIpc) is 2.77. The summed E-state index contributed by atoms with van der Waals surface area (Å²) in [5.41, 5.74) is 3.94. The van der Waals surface area contributed by atoms with Crippen LogP contribution in [0.1, 0.15) is 26.5 Å². The van der Waals surface area contributed by atoms with Crippen molar-refractivity contribution in [2.24, 2.45) is 0 Å². The number of nitrogens with zero attached hydrogens (tertiary/aromatic N) is 2. The fourth-order valence-electron chi connectivity index (χ4n) is 1.90. The molecule has 0 aliphatic heterocycles. The number of carboxylic acid groups (broad SMARTS) is 1. The molecule has 2 rings (SSSR count). The monoisotopic (exact) mass is 310 g/mol. The van der Waals surface area contributed by atoms with Crippen molar-refractivity contribution in [3.05, 3.63) is 50.4 Å². The van der Waals surface area contributed by atoms with Crippen LogP contribution in [0.4, 0.5) is 0 Å². The lowest BCUT2D eigenvalue weighted by molar-refractivity contribution is 0.0696. The van der Waals surface area contributed by atoms with E-state index in [-0.39, 0.29) is 5.56 Å². The van der Waals surface area contributed by atoms with E-state index in [9.17, 15) is 4.79 Å². The first kappa shape index (κ1) is 15.0. The normalized spacial score (nSPS) is 11.0. The third kappa shape index (κ3) is 3.56. The highest BCUT2D eigenvalue weighted by molar-refractivity contribution is 7.09. The number of aryl methyl sites for hydroxylation is 1. The van der Waals surface area contributed by atoms with Crippen LogP contribution in [-0.4, -0.2) is 28.0 Å². The highest BCUT2D eigenvalue weighted by atomic mass is 35.5. The van der Waals surface area contributed by atoms with Gasteiger partial charge in [0.05, 0.1) is 16.8 Å². The van der Waals surface area contributed by atoms with E-state index in [1.165, 1.54) is 10.9 Å². The van der Waals surface area contributed by atoms with Crippen LogP contribution < -0.4 is 0 Å². The number of aromatic carboxylic acids is 1. The Bertz CT molecular complexity index is 627. The van der Waals surface area contributed by atoms with Crippen LogP contribution in [0.3, 0.4) is 0 Å². The topological polar surface area (TPSA) is 53.4 Å². The van der Waals surface area contributed by atoms with Crippen LogP contribution in [0, 0.1) is 6.92 Å². The number of carboxylic acids is 1. The van der Waals surface area contributed by atoms with Gasteiger partial charge in [-0.15, -0.1) is 11.3 Å². The van der Waals surface area contributed by atoms with Crippen LogP contribution in [0.25, 0.3) is 0 Å². The van der Waals surface area contributed by atoms with Crippen LogP contribution in [-0.2, 0) is 13.1 Å². The standard InChI is InChI=1S/C14H15ClN2O2S/c1-9-13(20-8-16-9)7-17(2)6-11-5-10(14(18)19)3-4-12(11)15/h3-5,8H,6-7H2,1-2H3,(H,18,19). The summed E-state index contributed by atoms with van der Waals surface area (Å²) in [4.78, 5) is 18.5. The lowest BCUT2D eigenvalue weighted by Gasteiger charge is -2.17. The molecule has 4 nitrogen and oxygen atoms in total. The first-order valence-electron chi connectivity index (χ1n) is 6.06. The van der Waals surface area contributed by atoms with Crippen molar-refractivity contribution < 1.29 is 9.90 Å². The molecule has 0 aliphatic carbocycles. The average molecular weight is 311 g/mol. The molecule has 20 heavy (non-hydrogen) atoms. The van der Waals surface area contributed by atoms with Gasteiger partial charge in [0.25, 0.3) is 0 Å². The fraction of sp³-hybridized carbons (Fsp3) is 0.286. The molecular weight excluding hydrogens is 296 g/mol. The van der Waals surface area contributed by atoms with Gasteiger partial charge in [-0.1, -0.05) is 11.6 Å². The molecule has 0 amide bonds. The van der Waals surface area contributed by atoms with E-state index < -0.39 is 5.97 Å². The number of hydrogen-bond acceptors (Lipinski definition) is 4. The summed E-state index contributed by atoms with van der Waals surface area (Å²) < 4.78 is 0. The fourth-order valence-corrected chi connectivity index (χ4v) is 2.93. The van der Waals surface area contributed by atoms with Gasteiger partial charge in [0.15, 0.2) is 0 Å². The van der Waals surface area contributed by atoms with Gasteiger partial charge in [-0.3, -0.25) is 4.90 Å².